The average molecular weight is 312 g/mol. The van der Waals surface area contributed by atoms with Gasteiger partial charge < -0.3 is 0 Å². The fourth-order valence-corrected chi connectivity index (χ4v) is 2.44. The van der Waals surface area contributed by atoms with Crippen molar-refractivity contribution < 1.29 is 4.79 Å². The Balaban J connectivity index is 2.01. The molecule has 3 aromatic heterocycles. The van der Waals surface area contributed by atoms with Gasteiger partial charge in [-0.15, -0.1) is 0 Å². The molecule has 0 atom stereocenters. The van der Waals surface area contributed by atoms with E-state index in [-0.39, 0.29) is 11.3 Å². The summed E-state index contributed by atoms with van der Waals surface area (Å²) in [4.78, 5) is 21.4. The van der Waals surface area contributed by atoms with Crippen LogP contribution in [0.15, 0.2) is 30.6 Å². The molecule has 7 nitrogen and oxygen atoms in total. The molecule has 0 aliphatic carbocycles. The fourth-order valence-electron chi connectivity index (χ4n) is 2.44. The van der Waals surface area contributed by atoms with E-state index in [1.807, 2.05) is 16.7 Å². The summed E-state index contributed by atoms with van der Waals surface area (Å²) in [6, 6.07) is 5.40. The largest absolute Gasteiger partial charge is 0.294 e. The lowest BCUT2D eigenvalue weighted by molar-refractivity contribution is 0.101. The second-order valence-corrected chi connectivity index (χ2v) is 6.72. The summed E-state index contributed by atoms with van der Waals surface area (Å²) in [6.45, 7) is 7.10. The predicted molar refractivity (Wildman–Crippen MR) is 88.1 cm³/mol. The van der Waals surface area contributed by atoms with Crippen molar-refractivity contribution in [1.29, 1.82) is 0 Å². The van der Waals surface area contributed by atoms with Crippen molar-refractivity contribution in [3.8, 4) is 0 Å². The number of nitrogens with zero attached hydrogens (tertiary/aromatic N) is 5. The number of imidazole rings is 1. The summed E-state index contributed by atoms with van der Waals surface area (Å²) in [7, 11) is 1.73. The molecule has 120 valence electrons. The van der Waals surface area contributed by atoms with Crippen LogP contribution in [0.5, 0.6) is 0 Å². The van der Waals surface area contributed by atoms with E-state index in [9.17, 15) is 4.79 Å². The van der Waals surface area contributed by atoms with Crippen molar-refractivity contribution >= 4 is 23.0 Å². The van der Waals surface area contributed by atoms with Crippen molar-refractivity contribution in [3.05, 3.63) is 36.3 Å². The minimum Gasteiger partial charge on any atom is -0.294 e. The Kier molecular flexibility index (Phi) is 3.63. The highest BCUT2D eigenvalue weighted by atomic mass is 16.2. The molecule has 0 saturated heterocycles. The number of amides is 1. The van der Waals surface area contributed by atoms with Gasteiger partial charge in [0.2, 0.25) is 5.95 Å². The molecule has 0 aliphatic rings. The molecule has 7 heteroatoms. The van der Waals surface area contributed by atoms with Crippen molar-refractivity contribution in [3.63, 3.8) is 0 Å². The smallest absolute Gasteiger partial charge is 0.276 e. The van der Waals surface area contributed by atoms with Crippen LogP contribution in [0.4, 0.5) is 5.95 Å². The lowest BCUT2D eigenvalue weighted by Gasteiger charge is -2.20. The zero-order valence-corrected chi connectivity index (χ0v) is 13.7. The third-order valence-electron chi connectivity index (χ3n) is 3.42. The Labute approximate surface area is 134 Å². The van der Waals surface area contributed by atoms with E-state index < -0.39 is 0 Å². The van der Waals surface area contributed by atoms with E-state index in [1.165, 1.54) is 4.68 Å². The van der Waals surface area contributed by atoms with Gasteiger partial charge >= 0.3 is 0 Å². The Morgan fingerprint density at radius 2 is 2.04 bits per heavy atom. The van der Waals surface area contributed by atoms with E-state index >= 15 is 0 Å². The van der Waals surface area contributed by atoms with Crippen LogP contribution < -0.4 is 5.32 Å². The van der Waals surface area contributed by atoms with Gasteiger partial charge in [-0.25, -0.2) is 9.97 Å². The number of hydrogen-bond donors (Lipinski definition) is 1. The van der Waals surface area contributed by atoms with Gasteiger partial charge in [-0.05, 0) is 23.6 Å². The molecular weight excluding hydrogens is 292 g/mol. The summed E-state index contributed by atoms with van der Waals surface area (Å²) in [5, 5.41) is 6.90. The highest BCUT2D eigenvalue weighted by Crippen LogP contribution is 2.24. The lowest BCUT2D eigenvalue weighted by Crippen LogP contribution is -2.22. The zero-order chi connectivity index (χ0) is 16.6. The Morgan fingerprint density at radius 3 is 2.70 bits per heavy atom. The molecule has 0 bridgehead atoms. The first-order chi connectivity index (χ1) is 10.8. The van der Waals surface area contributed by atoms with Gasteiger partial charge in [-0.2, -0.15) is 5.10 Å². The second kappa shape index (κ2) is 5.49. The minimum absolute atomic E-state index is 0.0250. The summed E-state index contributed by atoms with van der Waals surface area (Å²) >= 11 is 0. The molecule has 23 heavy (non-hydrogen) atoms. The third kappa shape index (κ3) is 3.08. The molecule has 3 heterocycles. The van der Waals surface area contributed by atoms with Crippen LogP contribution in [-0.2, 0) is 13.6 Å². The van der Waals surface area contributed by atoms with Crippen molar-refractivity contribution in [2.45, 2.75) is 27.3 Å². The van der Waals surface area contributed by atoms with Crippen LogP contribution >= 0.6 is 0 Å². The SMILES string of the molecule is Cn1nccc1C(=O)Nc1nc2cccnc2n1CC(C)(C)C. The number of pyridine rings is 1. The van der Waals surface area contributed by atoms with Gasteiger partial charge in [0.1, 0.15) is 11.2 Å². The molecule has 0 aromatic carbocycles. The second-order valence-electron chi connectivity index (χ2n) is 6.72. The summed E-state index contributed by atoms with van der Waals surface area (Å²) < 4.78 is 3.48. The molecule has 0 unspecified atom stereocenters. The maximum absolute atomic E-state index is 12.4. The number of nitrogens with one attached hydrogen (secondary N) is 1. The normalized spacial score (nSPS) is 11.8. The standard InChI is InChI=1S/C16H20N6O/c1-16(2,3)10-22-13-11(6-5-8-17-13)19-15(22)20-14(23)12-7-9-18-21(12)4/h5-9H,10H2,1-4H3,(H,19,20,23). The first-order valence-electron chi connectivity index (χ1n) is 7.46. The zero-order valence-electron chi connectivity index (χ0n) is 13.7. The number of hydrogen-bond acceptors (Lipinski definition) is 4. The molecular formula is C16H20N6O. The van der Waals surface area contributed by atoms with E-state index in [0.717, 1.165) is 11.2 Å². The first kappa shape index (κ1) is 15.2. The number of aromatic nitrogens is 5. The average Bonchev–Trinajstić information content (AvgIpc) is 3.02. The van der Waals surface area contributed by atoms with Crippen molar-refractivity contribution in [1.82, 2.24) is 24.3 Å². The maximum atomic E-state index is 12.4. The van der Waals surface area contributed by atoms with Crippen molar-refractivity contribution in [2.24, 2.45) is 12.5 Å². The van der Waals surface area contributed by atoms with E-state index in [0.29, 0.717) is 18.2 Å². The number of anilines is 1. The Morgan fingerprint density at radius 1 is 1.26 bits per heavy atom. The Hall–Kier alpha value is -2.70. The van der Waals surface area contributed by atoms with Gasteiger partial charge in [0, 0.05) is 26.0 Å². The fraction of sp³-hybridized carbons (Fsp3) is 0.375. The van der Waals surface area contributed by atoms with Crippen LogP contribution in [0.3, 0.4) is 0 Å². The number of aryl methyl sites for hydroxylation is 1. The first-order valence-corrected chi connectivity index (χ1v) is 7.46. The number of carbonyl (C=O) groups excluding carboxylic acids is 1. The van der Waals surface area contributed by atoms with Gasteiger partial charge in [-0.3, -0.25) is 19.4 Å². The van der Waals surface area contributed by atoms with E-state index in [1.54, 1.807) is 25.5 Å². The number of carbonyl (C=O) groups is 1. The summed E-state index contributed by atoms with van der Waals surface area (Å²) in [6.07, 6.45) is 3.32. The molecule has 3 aromatic rings. The molecule has 1 N–H and O–H groups in total. The highest BCUT2D eigenvalue weighted by molar-refractivity contribution is 6.02. The quantitative estimate of drug-likeness (QED) is 0.806. The van der Waals surface area contributed by atoms with Crippen LogP contribution in [0, 0.1) is 5.41 Å². The monoisotopic (exact) mass is 312 g/mol. The molecule has 0 aliphatic heterocycles. The Bertz CT molecular complexity index is 855. The van der Waals surface area contributed by atoms with Crippen LogP contribution in [0.25, 0.3) is 11.2 Å². The van der Waals surface area contributed by atoms with E-state index in [4.69, 9.17) is 0 Å². The molecule has 0 fully saturated rings. The van der Waals surface area contributed by atoms with Crippen LogP contribution in [0.2, 0.25) is 0 Å². The lowest BCUT2D eigenvalue weighted by atomic mass is 9.97. The van der Waals surface area contributed by atoms with Crippen molar-refractivity contribution in [2.75, 3.05) is 5.32 Å². The molecule has 0 radical (unpaired) electrons. The van der Waals surface area contributed by atoms with Gasteiger partial charge in [0.25, 0.3) is 5.91 Å². The molecule has 0 saturated carbocycles. The van der Waals surface area contributed by atoms with Gasteiger partial charge in [0.15, 0.2) is 5.65 Å². The van der Waals surface area contributed by atoms with E-state index in [2.05, 4.69) is 41.2 Å². The summed E-state index contributed by atoms with van der Waals surface area (Å²) in [5.41, 5.74) is 2.03. The van der Waals surface area contributed by atoms with Crippen LogP contribution in [-0.4, -0.2) is 30.2 Å². The van der Waals surface area contributed by atoms with Gasteiger partial charge in [-0.1, -0.05) is 20.8 Å². The highest BCUT2D eigenvalue weighted by Gasteiger charge is 2.20. The maximum Gasteiger partial charge on any atom is 0.276 e. The predicted octanol–water partition coefficient (Wildman–Crippen LogP) is 2.46. The van der Waals surface area contributed by atoms with Gasteiger partial charge in [0.05, 0.1) is 0 Å². The van der Waals surface area contributed by atoms with Crippen LogP contribution in [0.1, 0.15) is 31.3 Å². The number of fused-ring (bicyclic) bond motifs is 1. The molecule has 3 rings (SSSR count). The minimum atomic E-state index is -0.240. The number of rotatable bonds is 3. The summed E-state index contributed by atoms with van der Waals surface area (Å²) in [5.74, 6) is 0.260. The molecule has 1 amide bonds. The molecule has 0 spiro atoms. The third-order valence-corrected chi connectivity index (χ3v) is 3.42. The topological polar surface area (TPSA) is 77.6 Å².